The maximum absolute atomic E-state index is 13.6. The zero-order valence-electron chi connectivity index (χ0n) is 18.1. The number of nitrogens with one attached hydrogen (secondary N) is 1. The van der Waals surface area contributed by atoms with Gasteiger partial charge in [-0.2, -0.15) is 0 Å². The van der Waals surface area contributed by atoms with Gasteiger partial charge in [-0.1, -0.05) is 40.9 Å². The van der Waals surface area contributed by atoms with E-state index in [1.165, 1.54) is 17.9 Å². The third kappa shape index (κ3) is 7.20. The van der Waals surface area contributed by atoms with Gasteiger partial charge in [-0.05, 0) is 49.7 Å². The van der Waals surface area contributed by atoms with E-state index in [1.54, 1.807) is 25.1 Å². The monoisotopic (exact) mass is 537 g/mol. The van der Waals surface area contributed by atoms with Gasteiger partial charge in [0.2, 0.25) is 21.8 Å². The van der Waals surface area contributed by atoms with Crippen molar-refractivity contribution in [3.05, 3.63) is 62.8 Å². The van der Waals surface area contributed by atoms with Crippen molar-refractivity contribution >= 4 is 62.3 Å². The van der Waals surface area contributed by atoms with Crippen LogP contribution in [0.1, 0.15) is 19.4 Å². The largest absolute Gasteiger partial charge is 0.355 e. The number of benzene rings is 2. The molecule has 0 aliphatic heterocycles. The van der Waals surface area contributed by atoms with Gasteiger partial charge in [0, 0.05) is 13.1 Å². The van der Waals surface area contributed by atoms with Gasteiger partial charge in [-0.3, -0.25) is 13.9 Å². The molecule has 2 amide bonds. The molecule has 2 aromatic carbocycles. The minimum atomic E-state index is -3.95. The highest BCUT2D eigenvalue weighted by molar-refractivity contribution is 7.92. The Hall–Kier alpha value is -2.07. The number of nitrogens with zero attached hydrogens (tertiary/aromatic N) is 2. The first kappa shape index (κ1) is 27.2. The minimum absolute atomic E-state index is 0.0115. The Bertz CT molecular complexity index is 1150. The molecule has 0 fully saturated rings. The van der Waals surface area contributed by atoms with Crippen LogP contribution in [0, 0.1) is 5.82 Å². The Morgan fingerprint density at radius 2 is 1.73 bits per heavy atom. The molecule has 2 aromatic rings. The summed E-state index contributed by atoms with van der Waals surface area (Å²) in [7, 11) is -3.95. The number of anilines is 1. The number of rotatable bonds is 9. The van der Waals surface area contributed by atoms with Crippen molar-refractivity contribution in [3.63, 3.8) is 0 Å². The lowest BCUT2D eigenvalue weighted by Gasteiger charge is -2.31. The van der Waals surface area contributed by atoms with E-state index in [0.717, 1.165) is 22.7 Å². The molecule has 1 N–H and O–H groups in total. The standard InChI is InChI=1S/C21H23Cl3FN3O4S/c1-4-26-21(30)13(2)27(11-14-5-7-16(22)17(23)9-14)20(29)12-28(33(3,31)32)15-6-8-19(25)18(24)10-15/h5-10,13H,4,11-12H2,1-3H3,(H,26,30)/t13-/m1/s1. The summed E-state index contributed by atoms with van der Waals surface area (Å²) in [5.74, 6) is -1.81. The average Bonchev–Trinajstić information content (AvgIpc) is 2.73. The first-order valence-electron chi connectivity index (χ1n) is 9.79. The molecule has 180 valence electrons. The number of hydrogen-bond acceptors (Lipinski definition) is 4. The van der Waals surface area contributed by atoms with Crippen molar-refractivity contribution in [1.82, 2.24) is 10.2 Å². The number of carbonyl (C=O) groups excluding carboxylic acids is 2. The van der Waals surface area contributed by atoms with Gasteiger partial charge in [0.1, 0.15) is 18.4 Å². The smallest absolute Gasteiger partial charge is 0.244 e. The van der Waals surface area contributed by atoms with Crippen molar-refractivity contribution < 1.29 is 22.4 Å². The molecular weight excluding hydrogens is 516 g/mol. The van der Waals surface area contributed by atoms with Gasteiger partial charge >= 0.3 is 0 Å². The molecular formula is C21H23Cl3FN3O4S. The van der Waals surface area contributed by atoms with Crippen LogP contribution in [0.25, 0.3) is 0 Å². The van der Waals surface area contributed by atoms with Crippen LogP contribution >= 0.6 is 34.8 Å². The molecule has 0 aliphatic rings. The highest BCUT2D eigenvalue weighted by atomic mass is 35.5. The molecule has 0 aliphatic carbocycles. The first-order chi connectivity index (χ1) is 15.3. The van der Waals surface area contributed by atoms with E-state index in [-0.39, 0.29) is 22.3 Å². The highest BCUT2D eigenvalue weighted by Crippen LogP contribution is 2.26. The van der Waals surface area contributed by atoms with Gasteiger partial charge < -0.3 is 10.2 Å². The quantitative estimate of drug-likeness (QED) is 0.521. The first-order valence-corrected chi connectivity index (χ1v) is 12.8. The predicted molar refractivity (Wildman–Crippen MR) is 129 cm³/mol. The summed E-state index contributed by atoms with van der Waals surface area (Å²) in [6, 6.07) is 7.15. The van der Waals surface area contributed by atoms with Gasteiger partial charge in [0.15, 0.2) is 0 Å². The molecule has 0 bridgehead atoms. The Balaban J connectivity index is 2.42. The molecule has 33 heavy (non-hydrogen) atoms. The lowest BCUT2D eigenvalue weighted by molar-refractivity contribution is -0.139. The Morgan fingerprint density at radius 3 is 2.27 bits per heavy atom. The number of carbonyl (C=O) groups is 2. The predicted octanol–water partition coefficient (Wildman–Crippen LogP) is 4.11. The number of halogens is 4. The number of hydrogen-bond donors (Lipinski definition) is 1. The van der Waals surface area contributed by atoms with Gasteiger partial charge in [-0.25, -0.2) is 12.8 Å². The van der Waals surface area contributed by atoms with E-state index in [2.05, 4.69) is 5.32 Å². The number of sulfonamides is 1. The van der Waals surface area contributed by atoms with E-state index in [1.807, 2.05) is 0 Å². The summed E-state index contributed by atoms with van der Waals surface area (Å²) in [4.78, 5) is 27.0. The molecule has 0 radical (unpaired) electrons. The van der Waals surface area contributed by atoms with Crippen LogP contribution in [0.15, 0.2) is 36.4 Å². The maximum Gasteiger partial charge on any atom is 0.244 e. The van der Waals surface area contributed by atoms with E-state index in [4.69, 9.17) is 34.8 Å². The van der Waals surface area contributed by atoms with Crippen LogP contribution in [0.5, 0.6) is 0 Å². The summed E-state index contributed by atoms with van der Waals surface area (Å²) in [5, 5.41) is 2.95. The summed E-state index contributed by atoms with van der Waals surface area (Å²) < 4.78 is 39.3. The molecule has 0 unspecified atom stereocenters. The summed E-state index contributed by atoms with van der Waals surface area (Å²) in [6.07, 6.45) is 0.911. The average molecular weight is 539 g/mol. The van der Waals surface area contributed by atoms with Crippen molar-refractivity contribution in [2.24, 2.45) is 0 Å². The fourth-order valence-electron chi connectivity index (χ4n) is 2.99. The third-order valence-corrected chi connectivity index (χ3v) is 6.89. The third-order valence-electron chi connectivity index (χ3n) is 4.73. The topological polar surface area (TPSA) is 86.8 Å². The molecule has 0 aromatic heterocycles. The second kappa shape index (κ2) is 11.4. The van der Waals surface area contributed by atoms with Crippen molar-refractivity contribution in [1.29, 1.82) is 0 Å². The zero-order chi connectivity index (χ0) is 24.9. The second-order valence-electron chi connectivity index (χ2n) is 7.21. The molecule has 0 saturated heterocycles. The summed E-state index contributed by atoms with van der Waals surface area (Å²) >= 11 is 17.8. The number of likely N-dealkylation sites (N-methyl/N-ethyl adjacent to an activating group) is 1. The van der Waals surface area contributed by atoms with E-state index >= 15 is 0 Å². The molecule has 0 spiro atoms. The summed E-state index contributed by atoms with van der Waals surface area (Å²) in [6.45, 7) is 2.95. The second-order valence-corrected chi connectivity index (χ2v) is 10.3. The van der Waals surface area contributed by atoms with Crippen LogP contribution in [-0.2, 0) is 26.2 Å². The van der Waals surface area contributed by atoms with Crippen molar-refractivity contribution in [3.8, 4) is 0 Å². The van der Waals surface area contributed by atoms with Gasteiger partial charge in [0.25, 0.3) is 0 Å². The minimum Gasteiger partial charge on any atom is -0.355 e. The van der Waals surface area contributed by atoms with Crippen LogP contribution in [0.3, 0.4) is 0 Å². The molecule has 7 nitrogen and oxygen atoms in total. The Morgan fingerprint density at radius 1 is 1.06 bits per heavy atom. The van der Waals surface area contributed by atoms with Crippen LogP contribution < -0.4 is 9.62 Å². The lowest BCUT2D eigenvalue weighted by atomic mass is 10.1. The fraction of sp³-hybridized carbons (Fsp3) is 0.333. The molecule has 2 rings (SSSR count). The molecule has 0 saturated carbocycles. The normalized spacial score (nSPS) is 12.2. The van der Waals surface area contributed by atoms with Crippen LogP contribution in [0.2, 0.25) is 15.1 Å². The zero-order valence-corrected chi connectivity index (χ0v) is 21.2. The molecule has 12 heteroatoms. The molecule has 1 atom stereocenters. The summed E-state index contributed by atoms with van der Waals surface area (Å²) in [5.41, 5.74) is 0.599. The van der Waals surface area contributed by atoms with Gasteiger partial charge in [0.05, 0.1) is 27.0 Å². The SMILES string of the molecule is CCNC(=O)[C@@H](C)N(Cc1ccc(Cl)c(Cl)c1)C(=O)CN(c1ccc(F)c(Cl)c1)S(C)(=O)=O. The van der Waals surface area contributed by atoms with Gasteiger partial charge in [-0.15, -0.1) is 0 Å². The maximum atomic E-state index is 13.6. The fourth-order valence-corrected chi connectivity index (χ4v) is 4.33. The Labute approximate surface area is 207 Å². The Kier molecular flexibility index (Phi) is 9.37. The van der Waals surface area contributed by atoms with E-state index in [0.29, 0.717) is 17.1 Å². The van der Waals surface area contributed by atoms with Crippen molar-refractivity contribution in [2.45, 2.75) is 26.4 Å². The van der Waals surface area contributed by atoms with E-state index in [9.17, 15) is 22.4 Å². The number of amides is 2. The highest BCUT2D eigenvalue weighted by Gasteiger charge is 2.30. The lowest BCUT2D eigenvalue weighted by Crippen LogP contribution is -2.51. The van der Waals surface area contributed by atoms with Crippen molar-refractivity contribution in [2.75, 3.05) is 23.7 Å². The molecule has 0 heterocycles. The van der Waals surface area contributed by atoms with E-state index < -0.39 is 40.2 Å². The van der Waals surface area contributed by atoms with Crippen LogP contribution in [-0.4, -0.2) is 50.5 Å². The van der Waals surface area contributed by atoms with Crippen LogP contribution in [0.4, 0.5) is 10.1 Å².